The van der Waals surface area contributed by atoms with Gasteiger partial charge in [0.05, 0.1) is 12.2 Å². The Morgan fingerprint density at radius 3 is 2.92 bits per heavy atom. The molecule has 2 aromatic rings. The minimum Gasteiger partial charge on any atom is -0.492 e. The fourth-order valence-corrected chi connectivity index (χ4v) is 5.80. The van der Waals surface area contributed by atoms with Crippen LogP contribution in [0.25, 0.3) is 0 Å². The molecule has 0 spiro atoms. The number of aryl methyl sites for hydroxylation is 1. The highest BCUT2D eigenvalue weighted by atomic mass is 32.2. The van der Waals surface area contributed by atoms with Crippen LogP contribution >= 0.6 is 23.1 Å². The molecule has 0 unspecified atom stereocenters. The van der Waals surface area contributed by atoms with Crippen LogP contribution in [0, 0.1) is 6.92 Å². The van der Waals surface area contributed by atoms with E-state index in [1.54, 1.807) is 11.3 Å². The first-order chi connectivity index (χ1) is 12.2. The molecule has 0 bridgehead atoms. The van der Waals surface area contributed by atoms with Gasteiger partial charge in [0.25, 0.3) is 5.91 Å². The maximum Gasteiger partial charge on any atom is 0.255 e. The van der Waals surface area contributed by atoms with Crippen molar-refractivity contribution >= 4 is 29.0 Å². The van der Waals surface area contributed by atoms with Gasteiger partial charge in [-0.25, -0.2) is 4.98 Å². The topological polar surface area (TPSA) is 51.2 Å². The molecule has 4 nitrogen and oxygen atoms in total. The number of fused-ring (bicyclic) bond motifs is 1. The number of carbonyl (C=O) groups is 1. The third-order valence-corrected chi connectivity index (χ3v) is 7.26. The zero-order valence-corrected chi connectivity index (χ0v) is 15.9. The molecule has 25 heavy (non-hydrogen) atoms. The van der Waals surface area contributed by atoms with Crippen molar-refractivity contribution in [3.05, 3.63) is 40.4 Å². The number of ether oxygens (including phenoxy) is 1. The SMILES string of the molecule is Cc1csc(SC2CCC(NC(=O)c3cccc4c3OCC4)CC2)n1. The molecule has 2 heterocycles. The second kappa shape index (κ2) is 7.38. The Kier molecular flexibility index (Phi) is 4.99. The van der Waals surface area contributed by atoms with Crippen LogP contribution < -0.4 is 10.1 Å². The molecule has 1 saturated carbocycles. The molecule has 1 fully saturated rings. The number of benzene rings is 1. The Morgan fingerprint density at radius 2 is 2.16 bits per heavy atom. The van der Waals surface area contributed by atoms with E-state index in [1.807, 2.05) is 36.9 Å². The number of thiazole rings is 1. The Balaban J connectivity index is 1.31. The molecular formula is C19H22N2O2S2. The molecule has 1 aromatic carbocycles. The lowest BCUT2D eigenvalue weighted by Gasteiger charge is -2.28. The van der Waals surface area contributed by atoms with Crippen LogP contribution in [0.1, 0.15) is 47.3 Å². The first-order valence-corrected chi connectivity index (χ1v) is 10.6. The summed E-state index contributed by atoms with van der Waals surface area (Å²) < 4.78 is 6.82. The Morgan fingerprint density at radius 1 is 1.32 bits per heavy atom. The minimum atomic E-state index is 0.00500. The van der Waals surface area contributed by atoms with Gasteiger partial charge in [-0.15, -0.1) is 11.3 Å². The number of thioether (sulfide) groups is 1. The number of rotatable bonds is 4. The number of nitrogens with one attached hydrogen (secondary N) is 1. The van der Waals surface area contributed by atoms with Gasteiger partial charge in [0.2, 0.25) is 0 Å². The number of hydrogen-bond donors (Lipinski definition) is 1. The first kappa shape index (κ1) is 16.9. The van der Waals surface area contributed by atoms with Gasteiger partial charge < -0.3 is 10.1 Å². The van der Waals surface area contributed by atoms with E-state index in [0.29, 0.717) is 17.4 Å². The summed E-state index contributed by atoms with van der Waals surface area (Å²) in [6.45, 7) is 2.72. The number of aromatic nitrogens is 1. The molecule has 1 aliphatic carbocycles. The van der Waals surface area contributed by atoms with Crippen LogP contribution in [-0.2, 0) is 6.42 Å². The summed E-state index contributed by atoms with van der Waals surface area (Å²) in [6.07, 6.45) is 5.21. The average Bonchev–Trinajstić information content (AvgIpc) is 3.25. The molecule has 0 saturated heterocycles. The van der Waals surface area contributed by atoms with Gasteiger partial charge in [-0.1, -0.05) is 23.9 Å². The highest BCUT2D eigenvalue weighted by Crippen LogP contribution is 2.35. The van der Waals surface area contributed by atoms with Gasteiger partial charge in [-0.05, 0) is 44.2 Å². The standard InChI is InChI=1S/C19H22N2O2S2/c1-12-11-24-19(20-12)25-15-7-5-14(6-8-15)21-18(22)16-4-2-3-13-9-10-23-17(13)16/h2-4,11,14-15H,5-10H2,1H3,(H,21,22). The van der Waals surface area contributed by atoms with E-state index >= 15 is 0 Å². The second-order valence-electron chi connectivity index (χ2n) is 6.71. The monoisotopic (exact) mass is 374 g/mol. The fourth-order valence-electron chi connectivity index (χ4n) is 3.51. The van der Waals surface area contributed by atoms with E-state index in [4.69, 9.17) is 4.74 Å². The minimum absolute atomic E-state index is 0.00500. The van der Waals surface area contributed by atoms with Gasteiger partial charge in [0.1, 0.15) is 10.1 Å². The van der Waals surface area contributed by atoms with Crippen LogP contribution in [0.5, 0.6) is 5.75 Å². The molecule has 2 aliphatic rings. The second-order valence-corrected chi connectivity index (χ2v) is 9.12. The Bertz CT molecular complexity index is 767. The first-order valence-electron chi connectivity index (χ1n) is 8.83. The van der Waals surface area contributed by atoms with Crippen molar-refractivity contribution in [2.75, 3.05) is 6.61 Å². The number of hydrogen-bond acceptors (Lipinski definition) is 5. The smallest absolute Gasteiger partial charge is 0.255 e. The van der Waals surface area contributed by atoms with Crippen LogP contribution in [-0.4, -0.2) is 28.8 Å². The molecular weight excluding hydrogens is 352 g/mol. The van der Waals surface area contributed by atoms with Gasteiger partial charge in [-0.2, -0.15) is 0 Å². The van der Waals surface area contributed by atoms with Crippen molar-refractivity contribution in [2.24, 2.45) is 0 Å². The predicted molar refractivity (Wildman–Crippen MR) is 102 cm³/mol. The van der Waals surface area contributed by atoms with Gasteiger partial charge in [-0.3, -0.25) is 4.79 Å². The quantitative estimate of drug-likeness (QED) is 0.870. The van der Waals surface area contributed by atoms with Crippen molar-refractivity contribution in [1.29, 1.82) is 0 Å². The molecule has 132 valence electrons. The van der Waals surface area contributed by atoms with Crippen LogP contribution in [0.2, 0.25) is 0 Å². The highest BCUT2D eigenvalue weighted by Gasteiger charge is 2.26. The average molecular weight is 375 g/mol. The normalized spacial score (nSPS) is 22.3. The van der Waals surface area contributed by atoms with Gasteiger partial charge in [0, 0.05) is 28.8 Å². The maximum absolute atomic E-state index is 12.6. The third kappa shape index (κ3) is 3.85. The fraction of sp³-hybridized carbons (Fsp3) is 0.474. The van der Waals surface area contributed by atoms with E-state index in [9.17, 15) is 4.79 Å². The summed E-state index contributed by atoms with van der Waals surface area (Å²) in [5.74, 6) is 0.786. The molecule has 4 rings (SSSR count). The largest absolute Gasteiger partial charge is 0.492 e. The zero-order valence-electron chi connectivity index (χ0n) is 14.3. The summed E-state index contributed by atoms with van der Waals surface area (Å²) in [4.78, 5) is 17.2. The van der Waals surface area contributed by atoms with E-state index in [2.05, 4.69) is 15.7 Å². The number of carbonyl (C=O) groups excluding carboxylic acids is 1. The molecule has 1 aromatic heterocycles. The van der Waals surface area contributed by atoms with E-state index in [1.165, 1.54) is 4.34 Å². The van der Waals surface area contributed by atoms with Crippen molar-refractivity contribution < 1.29 is 9.53 Å². The Labute approximate surface area is 156 Å². The molecule has 1 aliphatic heterocycles. The highest BCUT2D eigenvalue weighted by molar-refractivity contribution is 8.01. The lowest BCUT2D eigenvalue weighted by Crippen LogP contribution is -2.38. The van der Waals surface area contributed by atoms with Crippen LogP contribution in [0.15, 0.2) is 27.9 Å². The van der Waals surface area contributed by atoms with Crippen molar-refractivity contribution in [2.45, 2.75) is 54.7 Å². The molecule has 1 amide bonds. The van der Waals surface area contributed by atoms with Crippen molar-refractivity contribution in [3.63, 3.8) is 0 Å². The summed E-state index contributed by atoms with van der Waals surface area (Å²) in [6, 6.07) is 6.12. The summed E-state index contributed by atoms with van der Waals surface area (Å²) in [5.41, 5.74) is 2.93. The molecule has 0 atom stereocenters. The lowest BCUT2D eigenvalue weighted by atomic mass is 9.94. The van der Waals surface area contributed by atoms with E-state index in [0.717, 1.165) is 49.1 Å². The van der Waals surface area contributed by atoms with E-state index in [-0.39, 0.29) is 11.9 Å². The number of nitrogens with zero attached hydrogens (tertiary/aromatic N) is 1. The summed E-state index contributed by atoms with van der Waals surface area (Å²) in [5, 5.41) is 5.93. The summed E-state index contributed by atoms with van der Waals surface area (Å²) >= 11 is 3.63. The van der Waals surface area contributed by atoms with Crippen molar-refractivity contribution in [3.8, 4) is 5.75 Å². The van der Waals surface area contributed by atoms with Gasteiger partial charge >= 0.3 is 0 Å². The van der Waals surface area contributed by atoms with Crippen LogP contribution in [0.4, 0.5) is 0 Å². The van der Waals surface area contributed by atoms with Crippen LogP contribution in [0.3, 0.4) is 0 Å². The molecule has 0 radical (unpaired) electrons. The molecule has 6 heteroatoms. The summed E-state index contributed by atoms with van der Waals surface area (Å²) in [7, 11) is 0. The van der Waals surface area contributed by atoms with Gasteiger partial charge in [0.15, 0.2) is 0 Å². The Hall–Kier alpha value is -1.53. The maximum atomic E-state index is 12.6. The molecule has 1 N–H and O–H groups in total. The third-order valence-electron chi connectivity index (χ3n) is 4.83. The van der Waals surface area contributed by atoms with E-state index < -0.39 is 0 Å². The number of amides is 1. The zero-order chi connectivity index (χ0) is 17.2. The number of para-hydroxylation sites is 1. The van der Waals surface area contributed by atoms with Crippen molar-refractivity contribution in [1.82, 2.24) is 10.3 Å². The lowest BCUT2D eigenvalue weighted by molar-refractivity contribution is 0.0925. The predicted octanol–water partition coefficient (Wildman–Crippen LogP) is 4.22.